The summed E-state index contributed by atoms with van der Waals surface area (Å²) in [4.78, 5) is 2.60. The van der Waals surface area contributed by atoms with Crippen LogP contribution in [-0.2, 0) is 4.74 Å². The molecule has 2 aliphatic rings. The smallest absolute Gasteiger partial charge is 0.114 e. The predicted octanol–water partition coefficient (Wildman–Crippen LogP) is 5.39. The van der Waals surface area contributed by atoms with E-state index in [0.29, 0.717) is 12.5 Å². The zero-order valence-electron chi connectivity index (χ0n) is 17.1. The summed E-state index contributed by atoms with van der Waals surface area (Å²) in [5.41, 5.74) is 9.32. The highest BCUT2D eigenvalue weighted by Crippen LogP contribution is 2.48. The van der Waals surface area contributed by atoms with Gasteiger partial charge in [-0.25, -0.2) is 0 Å². The number of para-hydroxylation sites is 1. The topological polar surface area (TPSA) is 38.5 Å². The van der Waals surface area contributed by atoms with Gasteiger partial charge in [-0.3, -0.25) is 0 Å². The number of piperidine rings is 1. The average molecular weight is 369 g/mol. The molecule has 2 atom stereocenters. The standard InChI is InChI=1S/C24H36N2O/c1-3-4-11-22(24(19-25)15-13-20(27-2)14-16-24)21-10-6-7-12-23(21)26-17-8-5-9-18-26/h6-7,10,12-15,22H,3-5,8-9,11,16-19,25H2,1-2H3/t22?,24-/m0/s1. The maximum atomic E-state index is 6.43. The molecule has 1 aliphatic heterocycles. The lowest BCUT2D eigenvalue weighted by atomic mass is 9.66. The lowest BCUT2D eigenvalue weighted by Crippen LogP contribution is -2.37. The van der Waals surface area contributed by atoms with Crippen LogP contribution in [0.1, 0.15) is 63.4 Å². The van der Waals surface area contributed by atoms with Crippen molar-refractivity contribution in [1.29, 1.82) is 0 Å². The van der Waals surface area contributed by atoms with Crippen molar-refractivity contribution < 1.29 is 4.74 Å². The Morgan fingerprint density at radius 1 is 1.19 bits per heavy atom. The molecule has 0 bridgehead atoms. The largest absolute Gasteiger partial charge is 0.497 e. The Morgan fingerprint density at radius 3 is 2.59 bits per heavy atom. The summed E-state index contributed by atoms with van der Waals surface area (Å²) < 4.78 is 5.44. The number of unbranched alkanes of at least 4 members (excludes halogenated alkanes) is 1. The second-order valence-electron chi connectivity index (χ2n) is 8.09. The first-order valence-corrected chi connectivity index (χ1v) is 10.7. The first-order chi connectivity index (χ1) is 13.2. The number of ether oxygens (including phenoxy) is 1. The van der Waals surface area contributed by atoms with Gasteiger partial charge in [-0.15, -0.1) is 0 Å². The molecule has 148 valence electrons. The molecule has 1 aromatic rings. The van der Waals surface area contributed by atoms with E-state index in [0.717, 1.165) is 12.2 Å². The SMILES string of the molecule is CCCCC(c1ccccc1N1CCCCC1)[C@@]1(CN)C=CC(OC)=CC1. The second kappa shape index (κ2) is 9.45. The Kier molecular flexibility index (Phi) is 7.01. The molecule has 1 heterocycles. The van der Waals surface area contributed by atoms with Crippen LogP contribution in [0, 0.1) is 5.41 Å². The molecule has 1 aromatic carbocycles. The van der Waals surface area contributed by atoms with E-state index in [9.17, 15) is 0 Å². The Hall–Kier alpha value is -1.74. The zero-order valence-corrected chi connectivity index (χ0v) is 17.1. The maximum Gasteiger partial charge on any atom is 0.114 e. The van der Waals surface area contributed by atoms with Crippen molar-refractivity contribution in [3.05, 3.63) is 53.8 Å². The van der Waals surface area contributed by atoms with E-state index in [-0.39, 0.29) is 5.41 Å². The van der Waals surface area contributed by atoms with E-state index in [4.69, 9.17) is 10.5 Å². The normalized spacial score (nSPS) is 23.8. The van der Waals surface area contributed by atoms with Gasteiger partial charge in [0, 0.05) is 30.7 Å². The van der Waals surface area contributed by atoms with Crippen molar-refractivity contribution in [2.24, 2.45) is 11.1 Å². The molecule has 1 saturated heterocycles. The quantitative estimate of drug-likeness (QED) is 0.669. The number of methoxy groups -OCH3 is 1. The highest BCUT2D eigenvalue weighted by molar-refractivity contribution is 5.56. The van der Waals surface area contributed by atoms with Crippen molar-refractivity contribution >= 4 is 5.69 Å². The van der Waals surface area contributed by atoms with Crippen LogP contribution in [0.2, 0.25) is 0 Å². The molecule has 3 nitrogen and oxygen atoms in total. The van der Waals surface area contributed by atoms with Crippen LogP contribution in [-0.4, -0.2) is 26.7 Å². The Bertz CT molecular complexity index is 660. The molecule has 0 amide bonds. The molecular weight excluding hydrogens is 332 g/mol. The van der Waals surface area contributed by atoms with Crippen LogP contribution < -0.4 is 10.6 Å². The van der Waals surface area contributed by atoms with E-state index in [1.165, 1.54) is 62.9 Å². The minimum absolute atomic E-state index is 0.0247. The summed E-state index contributed by atoms with van der Waals surface area (Å²) in [5.74, 6) is 1.39. The molecule has 0 spiro atoms. The predicted molar refractivity (Wildman–Crippen MR) is 115 cm³/mol. The summed E-state index contributed by atoms with van der Waals surface area (Å²) in [6.07, 6.45) is 15.2. The van der Waals surface area contributed by atoms with Gasteiger partial charge in [-0.1, -0.05) is 44.0 Å². The lowest BCUT2D eigenvalue weighted by molar-refractivity contribution is 0.263. The third kappa shape index (κ3) is 4.40. The second-order valence-corrected chi connectivity index (χ2v) is 8.09. The summed E-state index contributed by atoms with van der Waals surface area (Å²) in [6.45, 7) is 5.30. The molecule has 3 rings (SSSR count). The molecule has 0 saturated carbocycles. The summed E-state index contributed by atoms with van der Waals surface area (Å²) >= 11 is 0. The molecule has 1 fully saturated rings. The van der Waals surface area contributed by atoms with E-state index >= 15 is 0 Å². The number of rotatable bonds is 8. The minimum Gasteiger partial charge on any atom is -0.497 e. The molecule has 27 heavy (non-hydrogen) atoms. The first kappa shape index (κ1) is 20.0. The van der Waals surface area contributed by atoms with Crippen LogP contribution in [0.3, 0.4) is 0 Å². The van der Waals surface area contributed by atoms with E-state index in [2.05, 4.69) is 54.3 Å². The van der Waals surface area contributed by atoms with Gasteiger partial charge in [0.2, 0.25) is 0 Å². The monoisotopic (exact) mass is 368 g/mol. The average Bonchev–Trinajstić information content (AvgIpc) is 2.75. The zero-order chi connectivity index (χ0) is 19.1. The minimum atomic E-state index is -0.0247. The molecule has 3 heteroatoms. The number of hydrogen-bond acceptors (Lipinski definition) is 3. The maximum absolute atomic E-state index is 6.43. The van der Waals surface area contributed by atoms with Gasteiger partial charge in [0.25, 0.3) is 0 Å². The highest BCUT2D eigenvalue weighted by Gasteiger charge is 2.38. The van der Waals surface area contributed by atoms with Crippen molar-refractivity contribution in [1.82, 2.24) is 0 Å². The van der Waals surface area contributed by atoms with Gasteiger partial charge in [-0.2, -0.15) is 0 Å². The molecule has 0 aromatic heterocycles. The first-order valence-electron chi connectivity index (χ1n) is 10.7. The molecule has 1 aliphatic carbocycles. The van der Waals surface area contributed by atoms with Gasteiger partial charge < -0.3 is 15.4 Å². The lowest BCUT2D eigenvalue weighted by Gasteiger charge is -2.42. The molecular formula is C24H36N2O. The van der Waals surface area contributed by atoms with Crippen LogP contribution in [0.25, 0.3) is 0 Å². The highest BCUT2D eigenvalue weighted by atomic mass is 16.5. The Balaban J connectivity index is 1.98. The summed E-state index contributed by atoms with van der Waals surface area (Å²) in [5, 5.41) is 0. The number of benzene rings is 1. The molecule has 2 N–H and O–H groups in total. The van der Waals surface area contributed by atoms with Gasteiger partial charge in [0.1, 0.15) is 5.76 Å². The summed E-state index contributed by atoms with van der Waals surface area (Å²) in [6, 6.07) is 9.08. The van der Waals surface area contributed by atoms with Gasteiger partial charge in [0.15, 0.2) is 0 Å². The van der Waals surface area contributed by atoms with Crippen molar-refractivity contribution in [2.75, 3.05) is 31.6 Å². The number of nitrogens with zero attached hydrogens (tertiary/aromatic N) is 1. The number of anilines is 1. The third-order valence-corrected chi connectivity index (χ3v) is 6.43. The Labute approximate surface area is 165 Å². The Morgan fingerprint density at radius 2 is 1.96 bits per heavy atom. The van der Waals surface area contributed by atoms with E-state index in [1.807, 2.05) is 0 Å². The van der Waals surface area contributed by atoms with Crippen LogP contribution in [0.15, 0.2) is 48.3 Å². The number of nitrogens with two attached hydrogens (primary N) is 1. The third-order valence-electron chi connectivity index (χ3n) is 6.43. The summed E-state index contributed by atoms with van der Waals surface area (Å²) in [7, 11) is 1.74. The molecule has 1 unspecified atom stereocenters. The van der Waals surface area contributed by atoms with Crippen molar-refractivity contribution in [3.63, 3.8) is 0 Å². The van der Waals surface area contributed by atoms with Crippen molar-refractivity contribution in [3.8, 4) is 0 Å². The van der Waals surface area contributed by atoms with E-state index in [1.54, 1.807) is 7.11 Å². The van der Waals surface area contributed by atoms with Crippen molar-refractivity contribution in [2.45, 2.75) is 57.8 Å². The molecule has 0 radical (unpaired) electrons. The van der Waals surface area contributed by atoms with Crippen LogP contribution in [0.5, 0.6) is 0 Å². The van der Waals surface area contributed by atoms with Gasteiger partial charge >= 0.3 is 0 Å². The van der Waals surface area contributed by atoms with Gasteiger partial charge in [-0.05, 0) is 61.8 Å². The number of hydrogen-bond donors (Lipinski definition) is 1. The fourth-order valence-corrected chi connectivity index (χ4v) is 4.74. The van der Waals surface area contributed by atoms with Crippen LogP contribution in [0.4, 0.5) is 5.69 Å². The van der Waals surface area contributed by atoms with E-state index < -0.39 is 0 Å². The number of allylic oxidation sites excluding steroid dienone is 2. The fraction of sp³-hybridized carbons (Fsp3) is 0.583. The fourth-order valence-electron chi connectivity index (χ4n) is 4.74. The van der Waals surface area contributed by atoms with Crippen LogP contribution >= 0.6 is 0 Å². The van der Waals surface area contributed by atoms with Gasteiger partial charge in [0.05, 0.1) is 7.11 Å².